The molecule has 2 rings (SSSR count). The number of aliphatic hydroxyl groups excluding tert-OH is 8. The predicted octanol–water partition coefficient (Wildman–Crippen LogP) is 8.49. The highest BCUT2D eigenvalue weighted by atomic mass is 16.7. The van der Waals surface area contributed by atoms with Gasteiger partial charge in [0, 0.05) is 6.42 Å². The van der Waals surface area contributed by atoms with Crippen LogP contribution in [0.25, 0.3) is 0 Å². The van der Waals surface area contributed by atoms with Crippen molar-refractivity contribution in [2.75, 3.05) is 19.8 Å². The lowest BCUT2D eigenvalue weighted by Gasteiger charge is -2.46. The highest BCUT2D eigenvalue weighted by molar-refractivity contribution is 5.76. The second-order valence-corrected chi connectivity index (χ2v) is 19.0. The number of hydrogen-bond donors (Lipinski definition) is 9. The van der Waals surface area contributed by atoms with E-state index in [1.54, 1.807) is 6.08 Å². The maximum atomic E-state index is 13.2. The molecule has 0 bridgehead atoms. The molecular formula is C59H97NO13. The third kappa shape index (κ3) is 30.1. The average Bonchev–Trinajstić information content (AvgIpc) is 3.39. The first-order chi connectivity index (χ1) is 35.6. The molecule has 14 heteroatoms. The second kappa shape index (κ2) is 43.8. The summed E-state index contributed by atoms with van der Waals surface area (Å²) in [5.41, 5.74) is 0. The van der Waals surface area contributed by atoms with Crippen molar-refractivity contribution in [3.63, 3.8) is 0 Å². The minimum atomic E-state index is -1.80. The van der Waals surface area contributed by atoms with Crippen LogP contribution >= 0.6 is 0 Å². The van der Waals surface area contributed by atoms with Crippen LogP contribution in [0, 0.1) is 0 Å². The number of unbranched alkanes of at least 4 members (excludes halogenated alkanes) is 12. The number of rotatable bonds is 41. The summed E-state index contributed by atoms with van der Waals surface area (Å²) < 4.78 is 22.7. The van der Waals surface area contributed by atoms with Gasteiger partial charge in [-0.2, -0.15) is 0 Å². The number of allylic oxidation sites excluding steroid dienone is 17. The standard InChI is InChI=1S/C59H97NO13/c1-3-5-7-9-11-13-15-17-19-20-21-22-23-24-25-26-27-28-29-31-33-35-37-39-41-43-51(64)60-47(48(63)42-40-38-36-34-32-30-18-16-14-12-10-8-6-4-2)46-70-58-56(69)54(67)57(50(45-62)72-58)73-59-55(68)53(66)52(65)49(44-61)71-59/h5,7,11,13,17,19,21-22,24-25,27-28,31-34,40,42,47-50,52-59,61-63,65-69H,3-4,6,8-10,12,14-16,18,20,23,26,29-30,35-39,41,43-46H2,1-2H3,(H,60,64)/b7-5-,13-11-,19-17-,22-21-,25-24-,28-27-,33-31-,34-32+,42-40+. The molecule has 14 nitrogen and oxygen atoms in total. The summed E-state index contributed by atoms with van der Waals surface area (Å²) in [6, 6.07) is -0.957. The van der Waals surface area contributed by atoms with Crippen LogP contribution in [-0.2, 0) is 23.7 Å². The molecule has 12 unspecified atom stereocenters. The van der Waals surface area contributed by atoms with E-state index in [-0.39, 0.29) is 18.9 Å². The molecule has 0 aromatic rings. The first kappa shape index (κ1) is 65.8. The Kier molecular flexibility index (Phi) is 39.5. The Morgan fingerprint density at radius 2 is 0.959 bits per heavy atom. The number of ether oxygens (including phenoxy) is 4. The molecule has 0 aromatic carbocycles. The fraction of sp³-hybridized carbons (Fsp3) is 0.678. The Bertz CT molecular complexity index is 1640. The van der Waals surface area contributed by atoms with Gasteiger partial charge in [0.05, 0.1) is 32.0 Å². The van der Waals surface area contributed by atoms with Crippen LogP contribution < -0.4 is 5.32 Å². The van der Waals surface area contributed by atoms with E-state index in [2.05, 4.69) is 116 Å². The molecule has 0 spiro atoms. The molecular weight excluding hydrogens is 931 g/mol. The first-order valence-electron chi connectivity index (χ1n) is 27.6. The van der Waals surface area contributed by atoms with Gasteiger partial charge in [0.2, 0.25) is 5.91 Å². The quantitative estimate of drug-likeness (QED) is 0.0207. The smallest absolute Gasteiger partial charge is 0.220 e. The van der Waals surface area contributed by atoms with Crippen molar-refractivity contribution in [3.05, 3.63) is 109 Å². The number of nitrogens with one attached hydrogen (secondary N) is 1. The van der Waals surface area contributed by atoms with Gasteiger partial charge in [-0.1, -0.05) is 175 Å². The van der Waals surface area contributed by atoms with Gasteiger partial charge in [-0.05, 0) is 89.9 Å². The minimum absolute atomic E-state index is 0.226. The predicted molar refractivity (Wildman–Crippen MR) is 290 cm³/mol. The van der Waals surface area contributed by atoms with Crippen molar-refractivity contribution < 1.29 is 64.6 Å². The number of hydrogen-bond acceptors (Lipinski definition) is 13. The molecule has 2 saturated heterocycles. The lowest BCUT2D eigenvalue weighted by Crippen LogP contribution is -2.65. The Hall–Kier alpha value is -3.35. The van der Waals surface area contributed by atoms with E-state index in [0.29, 0.717) is 12.8 Å². The maximum absolute atomic E-state index is 13.2. The van der Waals surface area contributed by atoms with E-state index in [0.717, 1.165) is 77.0 Å². The van der Waals surface area contributed by atoms with Crippen LogP contribution in [-0.4, -0.2) is 140 Å². The van der Waals surface area contributed by atoms with E-state index in [9.17, 15) is 45.6 Å². The first-order valence-corrected chi connectivity index (χ1v) is 27.6. The Labute approximate surface area is 438 Å². The molecule has 2 aliphatic rings. The van der Waals surface area contributed by atoms with Gasteiger partial charge in [0.25, 0.3) is 0 Å². The Morgan fingerprint density at radius 1 is 0.507 bits per heavy atom. The van der Waals surface area contributed by atoms with E-state index in [1.807, 2.05) is 6.08 Å². The van der Waals surface area contributed by atoms with Gasteiger partial charge in [0.1, 0.15) is 48.8 Å². The maximum Gasteiger partial charge on any atom is 0.220 e. The molecule has 1 amide bonds. The van der Waals surface area contributed by atoms with Crippen molar-refractivity contribution in [3.8, 4) is 0 Å². The van der Waals surface area contributed by atoms with Crippen molar-refractivity contribution in [1.29, 1.82) is 0 Å². The molecule has 0 aromatic heterocycles. The number of carbonyl (C=O) groups is 1. The highest BCUT2D eigenvalue weighted by Crippen LogP contribution is 2.30. The summed E-state index contributed by atoms with van der Waals surface area (Å²) in [5.74, 6) is -0.287. The molecule has 416 valence electrons. The van der Waals surface area contributed by atoms with Crippen LogP contribution in [0.5, 0.6) is 0 Å². The Morgan fingerprint density at radius 3 is 1.51 bits per heavy atom. The van der Waals surface area contributed by atoms with Gasteiger partial charge in [-0.25, -0.2) is 0 Å². The van der Waals surface area contributed by atoms with Gasteiger partial charge >= 0.3 is 0 Å². The molecule has 2 fully saturated rings. The van der Waals surface area contributed by atoms with Gasteiger partial charge in [-0.3, -0.25) is 4.79 Å². The van der Waals surface area contributed by atoms with E-state index in [4.69, 9.17) is 18.9 Å². The number of amides is 1. The molecule has 2 aliphatic heterocycles. The number of carbonyl (C=O) groups excluding carboxylic acids is 1. The summed E-state index contributed by atoms with van der Waals surface area (Å²) >= 11 is 0. The van der Waals surface area contributed by atoms with Crippen LogP contribution in [0.1, 0.15) is 162 Å². The van der Waals surface area contributed by atoms with Crippen LogP contribution in [0.2, 0.25) is 0 Å². The summed E-state index contributed by atoms with van der Waals surface area (Å²) in [6.07, 6.45) is 44.1. The van der Waals surface area contributed by atoms with Gasteiger partial charge < -0.3 is 65.1 Å². The van der Waals surface area contributed by atoms with Crippen LogP contribution in [0.15, 0.2) is 109 Å². The van der Waals surface area contributed by atoms with E-state index in [1.165, 1.54) is 51.4 Å². The zero-order valence-corrected chi connectivity index (χ0v) is 44.3. The van der Waals surface area contributed by atoms with E-state index >= 15 is 0 Å². The Balaban J connectivity index is 1.82. The number of aliphatic hydroxyl groups is 8. The molecule has 9 N–H and O–H groups in total. The zero-order chi connectivity index (χ0) is 53.2. The third-order valence-electron chi connectivity index (χ3n) is 12.7. The lowest BCUT2D eigenvalue weighted by molar-refractivity contribution is -0.359. The monoisotopic (exact) mass is 1030 g/mol. The second-order valence-electron chi connectivity index (χ2n) is 19.0. The molecule has 0 radical (unpaired) electrons. The summed E-state index contributed by atoms with van der Waals surface area (Å²) in [5, 5.41) is 86.8. The summed E-state index contributed by atoms with van der Waals surface area (Å²) in [4.78, 5) is 13.2. The minimum Gasteiger partial charge on any atom is -0.394 e. The molecule has 0 saturated carbocycles. The lowest BCUT2D eigenvalue weighted by atomic mass is 9.97. The largest absolute Gasteiger partial charge is 0.394 e. The molecule has 12 atom stereocenters. The van der Waals surface area contributed by atoms with Gasteiger partial charge in [0.15, 0.2) is 12.6 Å². The van der Waals surface area contributed by atoms with Crippen molar-refractivity contribution in [1.82, 2.24) is 5.32 Å². The SMILES string of the molecule is CC/C=C\C/C=C\C/C=C\C/C=C\C/C=C\C/C=C\C/C=C\CCCCCC(=O)NC(COC1OC(CO)C(OC2OC(CO)C(O)C(O)C2O)C(O)C1O)C(O)/C=C/CC/C=C/CCCCCCCCCC. The molecule has 0 aliphatic carbocycles. The van der Waals surface area contributed by atoms with E-state index < -0.39 is 86.8 Å². The van der Waals surface area contributed by atoms with Crippen molar-refractivity contribution >= 4 is 5.91 Å². The van der Waals surface area contributed by atoms with Gasteiger partial charge in [-0.15, -0.1) is 0 Å². The van der Waals surface area contributed by atoms with Crippen LogP contribution in [0.4, 0.5) is 0 Å². The van der Waals surface area contributed by atoms with Crippen molar-refractivity contribution in [2.45, 2.75) is 235 Å². The highest BCUT2D eigenvalue weighted by Gasteiger charge is 2.51. The average molecular weight is 1030 g/mol. The molecule has 73 heavy (non-hydrogen) atoms. The topological polar surface area (TPSA) is 228 Å². The molecule has 2 heterocycles. The third-order valence-corrected chi connectivity index (χ3v) is 12.7. The fourth-order valence-electron chi connectivity index (χ4n) is 8.23. The summed E-state index contributed by atoms with van der Waals surface area (Å²) in [6.45, 7) is 2.60. The van der Waals surface area contributed by atoms with Crippen molar-refractivity contribution in [2.24, 2.45) is 0 Å². The van der Waals surface area contributed by atoms with Crippen LogP contribution in [0.3, 0.4) is 0 Å². The zero-order valence-electron chi connectivity index (χ0n) is 44.3. The fourth-order valence-corrected chi connectivity index (χ4v) is 8.23. The normalized spacial score (nSPS) is 26.3. The summed E-state index contributed by atoms with van der Waals surface area (Å²) in [7, 11) is 0.